The first-order chi connectivity index (χ1) is 14.2. The van der Waals surface area contributed by atoms with Gasteiger partial charge in [-0.05, 0) is 42.2 Å². The standard InChI is InChI=1S/C23H23N5O/c1-16-6-2-3-7-17(16)14-27-22(29)21-11-13-25-23(28-21)24-12-10-18-15-26-20-9-5-4-8-19(18)20/h2-9,11,13,15,26H,10,12,14H2,1H3,(H,27,29)(H,24,25,28). The molecule has 0 spiro atoms. The third-order valence-electron chi connectivity index (χ3n) is 4.94. The van der Waals surface area contributed by atoms with E-state index in [1.807, 2.05) is 49.5 Å². The van der Waals surface area contributed by atoms with Crippen molar-refractivity contribution in [1.82, 2.24) is 20.3 Å². The molecule has 0 saturated heterocycles. The highest BCUT2D eigenvalue weighted by Gasteiger charge is 2.09. The Morgan fingerprint density at radius 1 is 1.03 bits per heavy atom. The van der Waals surface area contributed by atoms with Crippen LogP contribution in [0.5, 0.6) is 0 Å². The molecule has 0 aliphatic heterocycles. The van der Waals surface area contributed by atoms with Gasteiger partial charge in [-0.3, -0.25) is 4.79 Å². The van der Waals surface area contributed by atoms with Gasteiger partial charge in [0.15, 0.2) is 0 Å². The summed E-state index contributed by atoms with van der Waals surface area (Å²) in [6.07, 6.45) is 4.46. The zero-order valence-corrected chi connectivity index (χ0v) is 16.3. The Hall–Kier alpha value is -3.67. The number of carbonyl (C=O) groups is 1. The molecule has 2 heterocycles. The van der Waals surface area contributed by atoms with Crippen molar-refractivity contribution in [3.8, 4) is 0 Å². The first-order valence-corrected chi connectivity index (χ1v) is 9.65. The first kappa shape index (κ1) is 18.7. The van der Waals surface area contributed by atoms with Gasteiger partial charge in [-0.15, -0.1) is 0 Å². The number of hydrogen-bond acceptors (Lipinski definition) is 4. The van der Waals surface area contributed by atoms with E-state index in [9.17, 15) is 4.79 Å². The molecular formula is C23H23N5O. The maximum Gasteiger partial charge on any atom is 0.270 e. The number of rotatable bonds is 7. The fourth-order valence-electron chi connectivity index (χ4n) is 3.29. The van der Waals surface area contributed by atoms with E-state index in [1.165, 1.54) is 10.9 Å². The summed E-state index contributed by atoms with van der Waals surface area (Å²) in [5, 5.41) is 7.35. The Kier molecular flexibility index (Phi) is 5.52. The molecule has 0 aliphatic carbocycles. The van der Waals surface area contributed by atoms with Crippen LogP contribution >= 0.6 is 0 Å². The van der Waals surface area contributed by atoms with Crippen molar-refractivity contribution in [2.45, 2.75) is 19.9 Å². The van der Waals surface area contributed by atoms with E-state index in [1.54, 1.807) is 12.3 Å². The van der Waals surface area contributed by atoms with Gasteiger partial charge >= 0.3 is 0 Å². The second-order valence-corrected chi connectivity index (χ2v) is 6.91. The molecule has 4 aromatic rings. The summed E-state index contributed by atoms with van der Waals surface area (Å²) in [6, 6.07) is 17.8. The van der Waals surface area contributed by atoms with E-state index in [-0.39, 0.29) is 5.91 Å². The maximum absolute atomic E-state index is 12.5. The summed E-state index contributed by atoms with van der Waals surface area (Å²) >= 11 is 0. The molecule has 3 N–H and O–H groups in total. The smallest absolute Gasteiger partial charge is 0.270 e. The Bertz CT molecular complexity index is 1130. The van der Waals surface area contributed by atoms with Crippen molar-refractivity contribution < 1.29 is 4.79 Å². The van der Waals surface area contributed by atoms with Crippen molar-refractivity contribution in [2.75, 3.05) is 11.9 Å². The summed E-state index contributed by atoms with van der Waals surface area (Å²) in [4.78, 5) is 24.3. The van der Waals surface area contributed by atoms with Crippen LogP contribution in [-0.4, -0.2) is 27.4 Å². The number of fused-ring (bicyclic) bond motifs is 1. The largest absolute Gasteiger partial charge is 0.361 e. The summed E-state index contributed by atoms with van der Waals surface area (Å²) in [5.74, 6) is 0.240. The summed E-state index contributed by atoms with van der Waals surface area (Å²) in [7, 11) is 0. The molecule has 6 heteroatoms. The molecule has 146 valence electrons. The Morgan fingerprint density at radius 3 is 2.76 bits per heavy atom. The molecule has 1 amide bonds. The molecule has 0 saturated carbocycles. The van der Waals surface area contributed by atoms with Crippen LogP contribution in [0.2, 0.25) is 0 Å². The number of hydrogen-bond donors (Lipinski definition) is 3. The molecule has 2 aromatic carbocycles. The molecule has 0 bridgehead atoms. The van der Waals surface area contributed by atoms with Crippen LogP contribution in [0.25, 0.3) is 10.9 Å². The van der Waals surface area contributed by atoms with Gasteiger partial charge < -0.3 is 15.6 Å². The normalized spacial score (nSPS) is 10.8. The second-order valence-electron chi connectivity index (χ2n) is 6.91. The molecule has 0 radical (unpaired) electrons. The topological polar surface area (TPSA) is 82.7 Å². The lowest BCUT2D eigenvalue weighted by atomic mass is 10.1. The van der Waals surface area contributed by atoms with Crippen molar-refractivity contribution in [3.05, 3.63) is 89.4 Å². The zero-order chi connectivity index (χ0) is 20.1. The highest BCUT2D eigenvalue weighted by Crippen LogP contribution is 2.18. The summed E-state index contributed by atoms with van der Waals surface area (Å²) in [6.45, 7) is 3.18. The predicted molar refractivity (Wildman–Crippen MR) is 115 cm³/mol. The number of carbonyl (C=O) groups excluding carboxylic acids is 1. The number of nitrogens with one attached hydrogen (secondary N) is 3. The molecule has 2 aromatic heterocycles. The van der Waals surface area contributed by atoms with E-state index in [0.717, 1.165) is 23.1 Å². The third kappa shape index (κ3) is 4.43. The van der Waals surface area contributed by atoms with E-state index in [2.05, 4.69) is 37.7 Å². The number of H-pyrrole nitrogens is 1. The van der Waals surface area contributed by atoms with Crippen LogP contribution < -0.4 is 10.6 Å². The maximum atomic E-state index is 12.5. The zero-order valence-electron chi connectivity index (χ0n) is 16.3. The van der Waals surface area contributed by atoms with E-state index >= 15 is 0 Å². The number of aromatic nitrogens is 3. The van der Waals surface area contributed by atoms with Gasteiger partial charge in [0.05, 0.1) is 0 Å². The highest BCUT2D eigenvalue weighted by atomic mass is 16.1. The molecular weight excluding hydrogens is 362 g/mol. The number of nitrogens with zero attached hydrogens (tertiary/aromatic N) is 2. The minimum atomic E-state index is -0.213. The van der Waals surface area contributed by atoms with Gasteiger partial charge in [-0.2, -0.15) is 0 Å². The van der Waals surface area contributed by atoms with Crippen molar-refractivity contribution in [1.29, 1.82) is 0 Å². The minimum absolute atomic E-state index is 0.213. The fraction of sp³-hybridized carbons (Fsp3) is 0.174. The first-order valence-electron chi connectivity index (χ1n) is 9.65. The molecule has 0 unspecified atom stereocenters. The SMILES string of the molecule is Cc1ccccc1CNC(=O)c1ccnc(NCCc2c[nH]c3ccccc23)n1. The van der Waals surface area contributed by atoms with Gasteiger partial charge in [-0.25, -0.2) is 9.97 Å². The Labute approximate surface area is 169 Å². The number of aryl methyl sites for hydroxylation is 1. The van der Waals surface area contributed by atoms with Crippen molar-refractivity contribution in [3.63, 3.8) is 0 Å². The minimum Gasteiger partial charge on any atom is -0.361 e. The lowest BCUT2D eigenvalue weighted by Crippen LogP contribution is -2.24. The highest BCUT2D eigenvalue weighted by molar-refractivity contribution is 5.92. The molecule has 6 nitrogen and oxygen atoms in total. The Morgan fingerprint density at radius 2 is 1.86 bits per heavy atom. The average molecular weight is 385 g/mol. The van der Waals surface area contributed by atoms with Gasteiger partial charge in [0.1, 0.15) is 5.69 Å². The fourth-order valence-corrected chi connectivity index (χ4v) is 3.29. The van der Waals surface area contributed by atoms with Crippen LogP contribution in [0.3, 0.4) is 0 Å². The van der Waals surface area contributed by atoms with Crippen molar-refractivity contribution >= 4 is 22.8 Å². The molecule has 0 fully saturated rings. The predicted octanol–water partition coefficient (Wildman–Crippen LogP) is 3.85. The number of amides is 1. The van der Waals surface area contributed by atoms with E-state index < -0.39 is 0 Å². The van der Waals surface area contributed by atoms with Crippen molar-refractivity contribution in [2.24, 2.45) is 0 Å². The average Bonchev–Trinajstić information content (AvgIpc) is 3.16. The van der Waals surface area contributed by atoms with Crippen LogP contribution in [0.15, 0.2) is 67.0 Å². The summed E-state index contributed by atoms with van der Waals surface area (Å²) < 4.78 is 0. The van der Waals surface area contributed by atoms with Gasteiger partial charge in [0.2, 0.25) is 5.95 Å². The number of para-hydroxylation sites is 1. The molecule has 29 heavy (non-hydrogen) atoms. The van der Waals surface area contributed by atoms with E-state index in [4.69, 9.17) is 0 Å². The van der Waals surface area contributed by atoms with Crippen LogP contribution in [0.1, 0.15) is 27.2 Å². The molecule has 4 rings (SSSR count). The van der Waals surface area contributed by atoms with Gasteiger partial charge in [0.25, 0.3) is 5.91 Å². The van der Waals surface area contributed by atoms with Gasteiger partial charge in [0, 0.05) is 36.4 Å². The Balaban J connectivity index is 1.34. The molecule has 0 atom stereocenters. The van der Waals surface area contributed by atoms with Crippen LogP contribution in [-0.2, 0) is 13.0 Å². The number of aromatic amines is 1. The second kappa shape index (κ2) is 8.56. The quantitative estimate of drug-likeness (QED) is 0.451. The lowest BCUT2D eigenvalue weighted by molar-refractivity contribution is 0.0946. The number of anilines is 1. The van der Waals surface area contributed by atoms with E-state index in [0.29, 0.717) is 24.7 Å². The van der Waals surface area contributed by atoms with Crippen LogP contribution in [0, 0.1) is 6.92 Å². The molecule has 0 aliphatic rings. The van der Waals surface area contributed by atoms with Gasteiger partial charge in [-0.1, -0.05) is 42.5 Å². The third-order valence-corrected chi connectivity index (χ3v) is 4.94. The van der Waals surface area contributed by atoms with Crippen LogP contribution in [0.4, 0.5) is 5.95 Å². The monoisotopic (exact) mass is 385 g/mol. The lowest BCUT2D eigenvalue weighted by Gasteiger charge is -2.09. The summed E-state index contributed by atoms with van der Waals surface area (Å²) in [5.41, 5.74) is 4.96. The number of benzene rings is 2.